The number of halogens is 3. The minimum absolute atomic E-state index is 0.127. The van der Waals surface area contributed by atoms with Crippen LogP contribution in [0.1, 0.15) is 24.3 Å². The van der Waals surface area contributed by atoms with Crippen molar-refractivity contribution in [3.63, 3.8) is 0 Å². The van der Waals surface area contributed by atoms with Crippen molar-refractivity contribution in [2.75, 3.05) is 39.5 Å². The zero-order valence-corrected chi connectivity index (χ0v) is 17.7. The van der Waals surface area contributed by atoms with Gasteiger partial charge in [0, 0.05) is 37.6 Å². The Labute approximate surface area is 181 Å². The molecular weight excluding hydrogens is 439 g/mol. The van der Waals surface area contributed by atoms with E-state index < -0.39 is 12.1 Å². The molecule has 31 heavy (non-hydrogen) atoms. The van der Waals surface area contributed by atoms with Crippen LogP contribution >= 0.6 is 11.3 Å². The monoisotopic (exact) mass is 465 g/mol. The van der Waals surface area contributed by atoms with Crippen LogP contribution in [0.2, 0.25) is 0 Å². The summed E-state index contributed by atoms with van der Waals surface area (Å²) >= 11 is 1.71. The second-order valence-corrected chi connectivity index (χ2v) is 8.86. The first kappa shape index (κ1) is 23.9. The van der Waals surface area contributed by atoms with E-state index in [4.69, 9.17) is 19.5 Å². The number of nitrogens with zero attached hydrogens (tertiary/aromatic N) is 3. The van der Waals surface area contributed by atoms with E-state index in [9.17, 15) is 18.0 Å². The van der Waals surface area contributed by atoms with Crippen molar-refractivity contribution < 1.29 is 37.4 Å². The zero-order valence-electron chi connectivity index (χ0n) is 16.9. The molecule has 174 valence electrons. The fourth-order valence-corrected chi connectivity index (χ4v) is 4.83. The van der Waals surface area contributed by atoms with Gasteiger partial charge in [0.05, 0.1) is 26.4 Å². The number of hydrogen-bond donors (Lipinski definition) is 1. The Morgan fingerprint density at radius 1 is 1.26 bits per heavy atom. The van der Waals surface area contributed by atoms with Crippen LogP contribution in [0.15, 0.2) is 11.6 Å². The van der Waals surface area contributed by atoms with E-state index in [1.807, 2.05) is 11.6 Å². The smallest absolute Gasteiger partial charge is 0.475 e. The highest BCUT2D eigenvalue weighted by atomic mass is 32.1. The third-order valence-electron chi connectivity index (χ3n) is 5.64. The molecule has 3 saturated heterocycles. The van der Waals surface area contributed by atoms with E-state index in [0.29, 0.717) is 37.4 Å². The first-order chi connectivity index (χ1) is 14.7. The molecule has 3 fully saturated rings. The number of hydrogen-bond acceptors (Lipinski definition) is 7. The van der Waals surface area contributed by atoms with Crippen LogP contribution in [-0.2, 0) is 25.7 Å². The molecule has 1 N–H and O–H groups in total. The van der Waals surface area contributed by atoms with Crippen molar-refractivity contribution >= 4 is 23.2 Å². The van der Waals surface area contributed by atoms with Crippen LogP contribution in [0.5, 0.6) is 0 Å². The SMILES string of the molecule is O=C(C[C@@H]1COC[C@H]2CN(Cc3nccs3)C[C@@H]12)N1CCCCO1.O=C(O)C(F)(F)F. The van der Waals surface area contributed by atoms with E-state index in [1.54, 1.807) is 16.4 Å². The molecule has 1 aromatic heterocycles. The summed E-state index contributed by atoms with van der Waals surface area (Å²) in [6, 6.07) is 0. The van der Waals surface area contributed by atoms with Crippen LogP contribution in [0.4, 0.5) is 13.2 Å². The van der Waals surface area contributed by atoms with Gasteiger partial charge >= 0.3 is 12.1 Å². The molecule has 3 atom stereocenters. The fourth-order valence-electron chi connectivity index (χ4n) is 4.17. The largest absolute Gasteiger partial charge is 0.490 e. The molecular formula is C19H26F3N3O5S. The van der Waals surface area contributed by atoms with Crippen molar-refractivity contribution in [3.05, 3.63) is 16.6 Å². The van der Waals surface area contributed by atoms with Gasteiger partial charge in [-0.2, -0.15) is 13.2 Å². The Morgan fingerprint density at radius 2 is 2.03 bits per heavy atom. The lowest BCUT2D eigenvalue weighted by Crippen LogP contribution is -2.41. The molecule has 12 heteroatoms. The van der Waals surface area contributed by atoms with Crippen molar-refractivity contribution in [2.24, 2.45) is 17.8 Å². The highest BCUT2D eigenvalue weighted by Crippen LogP contribution is 2.36. The molecule has 0 bridgehead atoms. The van der Waals surface area contributed by atoms with Gasteiger partial charge in [0.2, 0.25) is 5.91 Å². The van der Waals surface area contributed by atoms with Gasteiger partial charge in [-0.25, -0.2) is 14.8 Å². The van der Waals surface area contributed by atoms with E-state index in [2.05, 4.69) is 9.88 Å². The molecule has 4 heterocycles. The van der Waals surface area contributed by atoms with Gasteiger partial charge in [-0.05, 0) is 30.6 Å². The van der Waals surface area contributed by atoms with Crippen LogP contribution in [0.3, 0.4) is 0 Å². The number of aromatic nitrogens is 1. The van der Waals surface area contributed by atoms with E-state index >= 15 is 0 Å². The van der Waals surface area contributed by atoms with Crippen LogP contribution in [-0.4, -0.2) is 77.6 Å². The Bertz CT molecular complexity index is 728. The molecule has 0 radical (unpaired) electrons. The molecule has 0 spiro atoms. The summed E-state index contributed by atoms with van der Waals surface area (Å²) in [5.41, 5.74) is 0. The molecule has 1 aromatic rings. The molecule has 0 aromatic carbocycles. The Morgan fingerprint density at radius 3 is 2.65 bits per heavy atom. The topological polar surface area (TPSA) is 92.2 Å². The number of likely N-dealkylation sites (tertiary alicyclic amines) is 1. The maximum atomic E-state index is 12.5. The number of ether oxygens (including phenoxy) is 1. The minimum atomic E-state index is -5.08. The molecule has 3 aliphatic rings. The lowest BCUT2D eigenvalue weighted by atomic mass is 9.81. The number of carbonyl (C=O) groups excluding carboxylic acids is 1. The number of carbonyl (C=O) groups is 2. The highest BCUT2D eigenvalue weighted by Gasteiger charge is 2.42. The van der Waals surface area contributed by atoms with Gasteiger partial charge in [-0.3, -0.25) is 14.5 Å². The van der Waals surface area contributed by atoms with Gasteiger partial charge in [0.15, 0.2) is 0 Å². The molecule has 4 rings (SSSR count). The fraction of sp³-hybridized carbons (Fsp3) is 0.737. The van der Waals surface area contributed by atoms with Gasteiger partial charge < -0.3 is 9.84 Å². The Hall–Kier alpha value is -1.76. The van der Waals surface area contributed by atoms with E-state index in [0.717, 1.165) is 45.6 Å². The van der Waals surface area contributed by atoms with Gasteiger partial charge in [-0.1, -0.05) is 0 Å². The summed E-state index contributed by atoms with van der Waals surface area (Å²) in [5, 5.41) is 11.9. The lowest BCUT2D eigenvalue weighted by Gasteiger charge is -2.34. The number of fused-ring (bicyclic) bond motifs is 1. The van der Waals surface area contributed by atoms with Crippen molar-refractivity contribution in [3.8, 4) is 0 Å². The summed E-state index contributed by atoms with van der Waals surface area (Å²) < 4.78 is 37.6. The maximum Gasteiger partial charge on any atom is 0.490 e. The second kappa shape index (κ2) is 10.7. The molecule has 1 amide bonds. The number of hydroxylamine groups is 2. The zero-order chi connectivity index (χ0) is 22.4. The lowest BCUT2D eigenvalue weighted by molar-refractivity contribution is -0.199. The van der Waals surface area contributed by atoms with Gasteiger partial charge in [0.25, 0.3) is 0 Å². The summed E-state index contributed by atoms with van der Waals surface area (Å²) in [6.45, 7) is 5.94. The van der Waals surface area contributed by atoms with Crippen LogP contribution < -0.4 is 0 Å². The summed E-state index contributed by atoms with van der Waals surface area (Å²) in [7, 11) is 0. The number of rotatable bonds is 4. The molecule has 8 nitrogen and oxygen atoms in total. The van der Waals surface area contributed by atoms with E-state index in [-0.39, 0.29) is 5.91 Å². The summed E-state index contributed by atoms with van der Waals surface area (Å²) in [4.78, 5) is 33.8. The maximum absolute atomic E-state index is 12.5. The van der Waals surface area contributed by atoms with E-state index in [1.165, 1.54) is 5.01 Å². The molecule has 0 aliphatic carbocycles. The number of thiazole rings is 1. The first-order valence-corrected chi connectivity index (χ1v) is 11.0. The Kier molecular flexibility index (Phi) is 8.25. The van der Waals surface area contributed by atoms with Crippen molar-refractivity contribution in [1.29, 1.82) is 0 Å². The number of alkyl halides is 3. The predicted molar refractivity (Wildman–Crippen MR) is 104 cm³/mol. The average molecular weight is 465 g/mol. The number of amides is 1. The quantitative estimate of drug-likeness (QED) is 0.730. The standard InChI is InChI=1S/C17H25N3O3S.C2HF3O2/c21-17(20-4-1-2-5-23-20)7-13-11-22-12-14-8-19(9-15(13)14)10-16-18-3-6-24-16;3-2(4,5)1(6)7/h3,6,13-15H,1-2,4-5,7-12H2;(H,6,7)/t13-,14-,15+;/m1./s1. The molecule has 0 unspecified atom stereocenters. The second-order valence-electron chi connectivity index (χ2n) is 7.88. The van der Waals surface area contributed by atoms with Gasteiger partial charge in [0.1, 0.15) is 5.01 Å². The normalized spacial score (nSPS) is 26.7. The highest BCUT2D eigenvalue weighted by molar-refractivity contribution is 7.09. The molecule has 3 aliphatic heterocycles. The number of carboxylic acids is 1. The third-order valence-corrected chi connectivity index (χ3v) is 6.40. The summed E-state index contributed by atoms with van der Waals surface area (Å²) in [5.74, 6) is -1.23. The molecule has 0 saturated carbocycles. The average Bonchev–Trinajstić information content (AvgIpc) is 3.38. The van der Waals surface area contributed by atoms with Crippen molar-refractivity contribution in [2.45, 2.75) is 32.0 Å². The minimum Gasteiger partial charge on any atom is -0.475 e. The third kappa shape index (κ3) is 6.86. The first-order valence-electron chi connectivity index (χ1n) is 10.2. The Balaban J connectivity index is 0.000000339. The van der Waals surface area contributed by atoms with Gasteiger partial charge in [-0.15, -0.1) is 11.3 Å². The number of aliphatic carboxylic acids is 1. The van der Waals surface area contributed by atoms with Crippen LogP contribution in [0.25, 0.3) is 0 Å². The van der Waals surface area contributed by atoms with Crippen molar-refractivity contribution in [1.82, 2.24) is 14.9 Å². The van der Waals surface area contributed by atoms with Crippen LogP contribution in [0, 0.1) is 17.8 Å². The predicted octanol–water partition coefficient (Wildman–Crippen LogP) is 2.41. The summed E-state index contributed by atoms with van der Waals surface area (Å²) in [6.07, 6.45) is -0.578. The number of carboxylic acid groups (broad SMARTS) is 1.